The molecule has 0 bridgehead atoms. The first-order valence-electron chi connectivity index (χ1n) is 7.25. The van der Waals surface area contributed by atoms with E-state index in [4.69, 9.17) is 5.11 Å². The van der Waals surface area contributed by atoms with Crippen LogP contribution < -0.4 is 5.32 Å². The number of nitrogens with zero attached hydrogens (tertiary/aromatic N) is 1. The van der Waals surface area contributed by atoms with E-state index in [1.165, 1.54) is 6.42 Å². The van der Waals surface area contributed by atoms with Gasteiger partial charge in [-0.15, -0.1) is 0 Å². The zero-order valence-electron chi connectivity index (χ0n) is 12.2. The Morgan fingerprint density at radius 1 is 1.26 bits per heavy atom. The number of aliphatic carboxylic acids is 1. The average Bonchev–Trinajstić information content (AvgIpc) is 2.43. The first-order valence-corrected chi connectivity index (χ1v) is 7.25. The summed E-state index contributed by atoms with van der Waals surface area (Å²) in [7, 11) is 1.76. The fourth-order valence-electron chi connectivity index (χ4n) is 2.70. The molecule has 5 heteroatoms. The normalized spacial score (nSPS) is 24.6. The molecule has 0 aromatic carbocycles. The molecule has 0 aliphatic heterocycles. The van der Waals surface area contributed by atoms with Crippen molar-refractivity contribution in [2.45, 2.75) is 64.5 Å². The van der Waals surface area contributed by atoms with Crippen molar-refractivity contribution in [3.05, 3.63) is 0 Å². The van der Waals surface area contributed by atoms with Gasteiger partial charge in [-0.25, -0.2) is 9.59 Å². The van der Waals surface area contributed by atoms with Crippen molar-refractivity contribution in [2.24, 2.45) is 5.92 Å². The van der Waals surface area contributed by atoms with Crippen LogP contribution >= 0.6 is 0 Å². The van der Waals surface area contributed by atoms with E-state index in [-0.39, 0.29) is 12.1 Å². The maximum absolute atomic E-state index is 12.0. The summed E-state index contributed by atoms with van der Waals surface area (Å²) >= 11 is 0. The van der Waals surface area contributed by atoms with Crippen LogP contribution in [0.5, 0.6) is 0 Å². The summed E-state index contributed by atoms with van der Waals surface area (Å²) < 4.78 is 0. The van der Waals surface area contributed by atoms with Crippen LogP contribution in [0.1, 0.15) is 52.4 Å². The molecule has 1 unspecified atom stereocenters. The molecular weight excluding hydrogens is 244 g/mol. The molecule has 0 heterocycles. The number of hydrogen-bond acceptors (Lipinski definition) is 2. The Morgan fingerprint density at radius 2 is 1.84 bits per heavy atom. The number of amides is 2. The van der Waals surface area contributed by atoms with Gasteiger partial charge >= 0.3 is 12.0 Å². The zero-order valence-corrected chi connectivity index (χ0v) is 12.2. The topological polar surface area (TPSA) is 69.6 Å². The standard InChI is InChI=1S/C14H26N2O3/c1-4-10-6-8-11(9-7-10)16(3)14(19)15-12(5-2)13(17)18/h10-12H,4-9H2,1-3H3,(H,15,19)(H,17,18). The lowest BCUT2D eigenvalue weighted by Crippen LogP contribution is -2.50. The lowest BCUT2D eigenvalue weighted by atomic mass is 9.84. The van der Waals surface area contributed by atoms with E-state index in [1.54, 1.807) is 18.9 Å². The predicted molar refractivity (Wildman–Crippen MR) is 74.0 cm³/mol. The van der Waals surface area contributed by atoms with Gasteiger partial charge in [0.2, 0.25) is 0 Å². The summed E-state index contributed by atoms with van der Waals surface area (Å²) in [6.07, 6.45) is 5.97. The van der Waals surface area contributed by atoms with Crippen LogP contribution in [0.4, 0.5) is 4.79 Å². The van der Waals surface area contributed by atoms with Crippen molar-refractivity contribution in [2.75, 3.05) is 7.05 Å². The molecule has 1 saturated carbocycles. The van der Waals surface area contributed by atoms with Crippen molar-refractivity contribution in [1.82, 2.24) is 10.2 Å². The van der Waals surface area contributed by atoms with Crippen LogP contribution in [0.15, 0.2) is 0 Å². The van der Waals surface area contributed by atoms with Crippen LogP contribution in [0.25, 0.3) is 0 Å². The van der Waals surface area contributed by atoms with E-state index in [9.17, 15) is 9.59 Å². The highest BCUT2D eigenvalue weighted by atomic mass is 16.4. The number of carbonyl (C=O) groups is 2. The van der Waals surface area contributed by atoms with E-state index in [0.717, 1.165) is 31.6 Å². The van der Waals surface area contributed by atoms with Crippen LogP contribution in [0.3, 0.4) is 0 Å². The highest BCUT2D eigenvalue weighted by molar-refractivity contribution is 5.82. The average molecular weight is 270 g/mol. The van der Waals surface area contributed by atoms with Gasteiger partial charge in [0.15, 0.2) is 0 Å². The molecule has 0 saturated heterocycles. The van der Waals surface area contributed by atoms with Crippen LogP contribution in [-0.4, -0.2) is 41.1 Å². The highest BCUT2D eigenvalue weighted by Crippen LogP contribution is 2.28. The molecule has 0 spiro atoms. The first kappa shape index (κ1) is 15.8. The fraction of sp³-hybridized carbons (Fsp3) is 0.857. The summed E-state index contributed by atoms with van der Waals surface area (Å²) in [5, 5.41) is 11.5. The predicted octanol–water partition coefficient (Wildman–Crippen LogP) is 2.46. The zero-order chi connectivity index (χ0) is 14.4. The quantitative estimate of drug-likeness (QED) is 0.806. The lowest BCUT2D eigenvalue weighted by molar-refractivity contribution is -0.139. The van der Waals surface area contributed by atoms with Gasteiger partial charge in [-0.05, 0) is 38.0 Å². The number of rotatable bonds is 5. The minimum Gasteiger partial charge on any atom is -0.480 e. The second kappa shape index (κ2) is 7.36. The summed E-state index contributed by atoms with van der Waals surface area (Å²) in [4.78, 5) is 24.6. The maximum Gasteiger partial charge on any atom is 0.326 e. The molecule has 5 nitrogen and oxygen atoms in total. The minimum absolute atomic E-state index is 0.245. The van der Waals surface area contributed by atoms with Crippen molar-refractivity contribution < 1.29 is 14.7 Å². The van der Waals surface area contributed by atoms with Gasteiger partial charge in [-0.3, -0.25) is 0 Å². The van der Waals surface area contributed by atoms with E-state index < -0.39 is 12.0 Å². The molecule has 19 heavy (non-hydrogen) atoms. The number of hydrogen-bond donors (Lipinski definition) is 2. The monoisotopic (exact) mass is 270 g/mol. The number of nitrogens with one attached hydrogen (secondary N) is 1. The molecule has 1 atom stereocenters. The molecule has 0 radical (unpaired) electrons. The van der Waals surface area contributed by atoms with Crippen LogP contribution in [0, 0.1) is 5.92 Å². The van der Waals surface area contributed by atoms with Gasteiger partial charge in [-0.2, -0.15) is 0 Å². The molecule has 2 N–H and O–H groups in total. The molecule has 2 amide bonds. The van der Waals surface area contributed by atoms with E-state index in [0.29, 0.717) is 6.42 Å². The third-order valence-corrected chi connectivity index (χ3v) is 4.27. The molecule has 0 aromatic heterocycles. The Hall–Kier alpha value is -1.26. The Balaban J connectivity index is 2.46. The third-order valence-electron chi connectivity index (χ3n) is 4.27. The van der Waals surface area contributed by atoms with Crippen molar-refractivity contribution in [3.63, 3.8) is 0 Å². The Labute approximate surface area is 115 Å². The molecule has 0 aromatic rings. The van der Waals surface area contributed by atoms with Crippen LogP contribution in [-0.2, 0) is 4.79 Å². The third kappa shape index (κ3) is 4.40. The van der Waals surface area contributed by atoms with Gasteiger partial charge < -0.3 is 15.3 Å². The van der Waals surface area contributed by atoms with Gasteiger partial charge in [0.05, 0.1) is 0 Å². The van der Waals surface area contributed by atoms with Crippen LogP contribution in [0.2, 0.25) is 0 Å². The summed E-state index contributed by atoms with van der Waals surface area (Å²) in [5.41, 5.74) is 0. The van der Waals surface area contributed by atoms with Gasteiger partial charge in [0, 0.05) is 13.1 Å². The Morgan fingerprint density at radius 3 is 2.26 bits per heavy atom. The Bertz CT molecular complexity index is 312. The lowest BCUT2D eigenvalue weighted by Gasteiger charge is -2.34. The molecule has 1 fully saturated rings. The van der Waals surface area contributed by atoms with Crippen molar-refractivity contribution in [3.8, 4) is 0 Å². The minimum atomic E-state index is -0.973. The van der Waals surface area contributed by atoms with Crippen molar-refractivity contribution >= 4 is 12.0 Å². The number of urea groups is 1. The van der Waals surface area contributed by atoms with Gasteiger partial charge in [0.1, 0.15) is 6.04 Å². The maximum atomic E-state index is 12.0. The second-order valence-electron chi connectivity index (χ2n) is 5.44. The summed E-state index contributed by atoms with van der Waals surface area (Å²) in [6, 6.07) is -0.815. The highest BCUT2D eigenvalue weighted by Gasteiger charge is 2.27. The van der Waals surface area contributed by atoms with Crippen molar-refractivity contribution in [1.29, 1.82) is 0 Å². The smallest absolute Gasteiger partial charge is 0.326 e. The molecular formula is C14H26N2O3. The first-order chi connectivity index (χ1) is 8.99. The molecule has 1 aliphatic carbocycles. The summed E-state index contributed by atoms with van der Waals surface area (Å²) in [6.45, 7) is 3.96. The second-order valence-corrected chi connectivity index (χ2v) is 5.44. The summed E-state index contributed by atoms with van der Waals surface area (Å²) in [5.74, 6) is -0.186. The van der Waals surface area contributed by atoms with Gasteiger partial charge in [0.25, 0.3) is 0 Å². The van der Waals surface area contributed by atoms with E-state index in [1.807, 2.05) is 0 Å². The van der Waals surface area contributed by atoms with E-state index in [2.05, 4.69) is 12.2 Å². The number of carboxylic acids is 1. The molecule has 110 valence electrons. The SMILES string of the molecule is CCC1CCC(N(C)C(=O)NC(CC)C(=O)O)CC1. The number of carbonyl (C=O) groups excluding carboxylic acids is 1. The molecule has 1 aliphatic rings. The van der Waals surface area contributed by atoms with Gasteiger partial charge in [-0.1, -0.05) is 20.3 Å². The largest absolute Gasteiger partial charge is 0.480 e. The fourth-order valence-corrected chi connectivity index (χ4v) is 2.70. The molecule has 1 rings (SSSR count). The Kier molecular flexibility index (Phi) is 6.12. The number of carboxylic acid groups (broad SMARTS) is 1. The van der Waals surface area contributed by atoms with E-state index >= 15 is 0 Å².